The lowest BCUT2D eigenvalue weighted by atomic mass is 10.0. The van der Waals surface area contributed by atoms with E-state index >= 15 is 0 Å². The Morgan fingerprint density at radius 2 is 2.37 bits per heavy atom. The highest BCUT2D eigenvalue weighted by Crippen LogP contribution is 2.37. The van der Waals surface area contributed by atoms with E-state index in [0.29, 0.717) is 6.04 Å². The van der Waals surface area contributed by atoms with Crippen LogP contribution >= 0.6 is 22.7 Å². The van der Waals surface area contributed by atoms with Gasteiger partial charge in [-0.05, 0) is 36.9 Å². The highest BCUT2D eigenvalue weighted by Gasteiger charge is 2.26. The third kappa shape index (κ3) is 2.55. The molecule has 0 saturated carbocycles. The Kier molecular flexibility index (Phi) is 3.86. The van der Waals surface area contributed by atoms with E-state index in [0.717, 1.165) is 36.9 Å². The molecule has 3 rings (SSSR count). The second-order valence-corrected chi connectivity index (χ2v) is 6.66. The Balaban J connectivity index is 1.78. The molecule has 1 unspecified atom stereocenters. The molecular weight excluding hydrogens is 274 g/mol. The molecule has 0 bridgehead atoms. The van der Waals surface area contributed by atoms with E-state index in [-0.39, 0.29) is 0 Å². The normalized spacial score (nSPS) is 18.6. The number of thiophene rings is 1. The number of thiazole rings is 1. The van der Waals surface area contributed by atoms with Crippen molar-refractivity contribution in [2.45, 2.75) is 32.9 Å². The smallest absolute Gasteiger partial charge is 0.186 e. The van der Waals surface area contributed by atoms with Crippen molar-refractivity contribution < 1.29 is 0 Å². The summed E-state index contributed by atoms with van der Waals surface area (Å²) in [5, 5.41) is 8.88. The minimum Gasteiger partial charge on any atom is -0.341 e. The van der Waals surface area contributed by atoms with Gasteiger partial charge in [-0.15, -0.1) is 22.7 Å². The van der Waals surface area contributed by atoms with Gasteiger partial charge < -0.3 is 10.2 Å². The van der Waals surface area contributed by atoms with Crippen molar-refractivity contribution in [3.05, 3.63) is 33.0 Å². The Morgan fingerprint density at radius 3 is 3.21 bits per heavy atom. The third-order valence-corrected chi connectivity index (χ3v) is 5.54. The second-order valence-electron chi connectivity index (χ2n) is 4.82. The minimum absolute atomic E-state index is 0.452. The van der Waals surface area contributed by atoms with Crippen LogP contribution in [0.15, 0.2) is 16.8 Å². The van der Waals surface area contributed by atoms with Crippen LogP contribution in [0.3, 0.4) is 0 Å². The van der Waals surface area contributed by atoms with E-state index in [1.165, 1.54) is 5.56 Å². The fourth-order valence-corrected chi connectivity index (χ4v) is 4.43. The lowest BCUT2D eigenvalue weighted by molar-refractivity contribution is 0.628. The van der Waals surface area contributed by atoms with E-state index in [2.05, 4.69) is 40.9 Å². The standard InChI is InChI=1S/C14H19N3S2/c1-3-15-8-11-9-19-14(16-11)17-6-4-13-12(10(17)2)5-7-18-13/h5,7,9-10,15H,3-4,6,8H2,1-2H3. The molecule has 19 heavy (non-hydrogen) atoms. The Bertz CT molecular complexity index is 546. The first-order chi connectivity index (χ1) is 9.29. The molecule has 1 atom stereocenters. The van der Waals surface area contributed by atoms with Gasteiger partial charge in [0.2, 0.25) is 0 Å². The van der Waals surface area contributed by atoms with Crippen molar-refractivity contribution >= 4 is 27.8 Å². The molecule has 0 amide bonds. The van der Waals surface area contributed by atoms with Crippen LogP contribution in [0, 0.1) is 0 Å². The van der Waals surface area contributed by atoms with Crippen molar-refractivity contribution in [2.75, 3.05) is 18.0 Å². The molecule has 0 radical (unpaired) electrons. The molecule has 0 fully saturated rings. The van der Waals surface area contributed by atoms with Gasteiger partial charge in [-0.3, -0.25) is 0 Å². The summed E-state index contributed by atoms with van der Waals surface area (Å²) in [5.41, 5.74) is 2.64. The van der Waals surface area contributed by atoms with Crippen LogP contribution in [-0.4, -0.2) is 18.1 Å². The second kappa shape index (κ2) is 5.61. The maximum Gasteiger partial charge on any atom is 0.186 e. The molecule has 3 nitrogen and oxygen atoms in total. The van der Waals surface area contributed by atoms with Crippen LogP contribution in [0.2, 0.25) is 0 Å². The van der Waals surface area contributed by atoms with Crippen molar-refractivity contribution in [2.24, 2.45) is 0 Å². The maximum atomic E-state index is 4.76. The Labute approximate surface area is 122 Å². The van der Waals surface area contributed by atoms with Crippen LogP contribution in [0.25, 0.3) is 0 Å². The van der Waals surface area contributed by atoms with Gasteiger partial charge in [-0.2, -0.15) is 0 Å². The van der Waals surface area contributed by atoms with Gasteiger partial charge in [0, 0.05) is 23.3 Å². The molecule has 3 heterocycles. The molecule has 2 aromatic heterocycles. The van der Waals surface area contributed by atoms with Crippen molar-refractivity contribution in [3.63, 3.8) is 0 Å². The number of fused-ring (bicyclic) bond motifs is 1. The molecule has 0 spiro atoms. The average molecular weight is 293 g/mol. The van der Waals surface area contributed by atoms with Crippen molar-refractivity contribution in [1.82, 2.24) is 10.3 Å². The summed E-state index contributed by atoms with van der Waals surface area (Å²) in [6.07, 6.45) is 1.15. The Morgan fingerprint density at radius 1 is 1.47 bits per heavy atom. The lowest BCUT2D eigenvalue weighted by Gasteiger charge is -2.33. The predicted octanol–water partition coefficient (Wildman–Crippen LogP) is 3.44. The van der Waals surface area contributed by atoms with E-state index in [4.69, 9.17) is 4.98 Å². The largest absolute Gasteiger partial charge is 0.341 e. The summed E-state index contributed by atoms with van der Waals surface area (Å²) < 4.78 is 0. The molecule has 1 aliphatic rings. The number of nitrogens with one attached hydrogen (secondary N) is 1. The molecule has 0 aromatic carbocycles. The van der Waals surface area contributed by atoms with Crippen LogP contribution in [0.5, 0.6) is 0 Å². The van der Waals surface area contributed by atoms with Crippen LogP contribution in [0.1, 0.15) is 36.0 Å². The molecule has 0 aliphatic carbocycles. The number of anilines is 1. The SMILES string of the molecule is CCNCc1csc(N2CCc3sccc3C2C)n1. The zero-order chi connectivity index (χ0) is 13.2. The fraction of sp³-hybridized carbons (Fsp3) is 0.500. The van der Waals surface area contributed by atoms with Crippen LogP contribution < -0.4 is 10.2 Å². The molecule has 1 aliphatic heterocycles. The van der Waals surface area contributed by atoms with Gasteiger partial charge in [-0.1, -0.05) is 6.92 Å². The summed E-state index contributed by atoms with van der Waals surface area (Å²) in [7, 11) is 0. The summed E-state index contributed by atoms with van der Waals surface area (Å²) in [4.78, 5) is 8.75. The van der Waals surface area contributed by atoms with E-state index in [1.54, 1.807) is 16.2 Å². The summed E-state index contributed by atoms with van der Waals surface area (Å²) in [5.74, 6) is 0. The molecule has 102 valence electrons. The number of rotatable bonds is 4. The van der Waals surface area contributed by atoms with Gasteiger partial charge in [0.15, 0.2) is 5.13 Å². The van der Waals surface area contributed by atoms with E-state index in [9.17, 15) is 0 Å². The monoisotopic (exact) mass is 293 g/mol. The summed E-state index contributed by atoms with van der Waals surface area (Å²) in [6.45, 7) is 7.36. The summed E-state index contributed by atoms with van der Waals surface area (Å²) in [6, 6.07) is 2.72. The number of aromatic nitrogens is 1. The number of nitrogens with zero attached hydrogens (tertiary/aromatic N) is 2. The predicted molar refractivity (Wildman–Crippen MR) is 83.3 cm³/mol. The molecule has 0 saturated heterocycles. The Hall–Kier alpha value is -0.910. The fourth-order valence-electron chi connectivity index (χ4n) is 2.53. The first-order valence-electron chi connectivity index (χ1n) is 6.77. The first kappa shape index (κ1) is 13.1. The third-order valence-electron chi connectivity index (χ3n) is 3.62. The van der Waals surface area contributed by atoms with Gasteiger partial charge in [0.25, 0.3) is 0 Å². The van der Waals surface area contributed by atoms with E-state index < -0.39 is 0 Å². The first-order valence-corrected chi connectivity index (χ1v) is 8.53. The topological polar surface area (TPSA) is 28.2 Å². The summed E-state index contributed by atoms with van der Waals surface area (Å²) >= 11 is 3.65. The maximum absolute atomic E-state index is 4.76. The van der Waals surface area contributed by atoms with Gasteiger partial charge in [-0.25, -0.2) is 4.98 Å². The highest BCUT2D eigenvalue weighted by molar-refractivity contribution is 7.13. The molecule has 2 aromatic rings. The lowest BCUT2D eigenvalue weighted by Crippen LogP contribution is -2.33. The highest BCUT2D eigenvalue weighted by atomic mass is 32.1. The number of hydrogen-bond donors (Lipinski definition) is 1. The average Bonchev–Trinajstić information content (AvgIpc) is 3.05. The zero-order valence-corrected chi connectivity index (χ0v) is 13.0. The molecule has 1 N–H and O–H groups in total. The van der Waals surface area contributed by atoms with Crippen LogP contribution in [-0.2, 0) is 13.0 Å². The zero-order valence-electron chi connectivity index (χ0n) is 11.3. The van der Waals surface area contributed by atoms with Gasteiger partial charge >= 0.3 is 0 Å². The van der Waals surface area contributed by atoms with Gasteiger partial charge in [0.1, 0.15) is 0 Å². The minimum atomic E-state index is 0.452. The van der Waals surface area contributed by atoms with Gasteiger partial charge in [0.05, 0.1) is 11.7 Å². The van der Waals surface area contributed by atoms with Crippen molar-refractivity contribution in [3.8, 4) is 0 Å². The molecular formula is C14H19N3S2. The van der Waals surface area contributed by atoms with E-state index in [1.807, 2.05) is 11.3 Å². The van der Waals surface area contributed by atoms with Crippen LogP contribution in [0.4, 0.5) is 5.13 Å². The number of hydrogen-bond acceptors (Lipinski definition) is 5. The molecule has 5 heteroatoms. The quantitative estimate of drug-likeness (QED) is 0.936. The van der Waals surface area contributed by atoms with Crippen molar-refractivity contribution in [1.29, 1.82) is 0 Å².